The van der Waals surface area contributed by atoms with Gasteiger partial charge in [0.1, 0.15) is 12.1 Å². The molecule has 2 heterocycles. The number of hydrazone groups is 1. The van der Waals surface area contributed by atoms with Crippen molar-refractivity contribution in [1.29, 1.82) is 0 Å². The Balaban J connectivity index is 1.37. The number of carbonyl (C=O) groups is 8. The van der Waals surface area contributed by atoms with Gasteiger partial charge in [0.25, 0.3) is 11.8 Å². The zero-order valence-electron chi connectivity index (χ0n) is 50.5. The Kier molecular flexibility index (Phi) is 27.9. The number of hydrogen-bond acceptors (Lipinski definition) is 13. The summed E-state index contributed by atoms with van der Waals surface area (Å²) in [4.78, 5) is 113. The van der Waals surface area contributed by atoms with Gasteiger partial charge in [-0.05, 0) is 94.8 Å². The van der Waals surface area contributed by atoms with E-state index in [1.807, 2.05) is 121 Å². The normalized spacial score (nSPS) is 18.0. The third-order valence-corrected chi connectivity index (χ3v) is 15.8. The number of methoxy groups -OCH3 is 2. The number of likely N-dealkylation sites (tertiary alicyclic amines) is 1. The topological polar surface area (TPSA) is 226 Å². The molecule has 2 aromatic rings. The van der Waals surface area contributed by atoms with Crippen molar-refractivity contribution in [2.24, 2.45) is 28.8 Å². The molecule has 0 aromatic heterocycles. The standard InChI is InChI=1S/C62H94N8O11/c1-14-42(6)57(68(11)62(78)55(40(2)3)64-61(77)56(41(4)5)67(9)10)49(79-12)39-53(74)69-38-26-32-48(69)58(80-13)43(7)60(76)63-44(8)59(46-29-20-16-21-30-46)81-54(75)34-24-23-31-47(45-27-18-15-19-28-45)65-66-50(71)33-22-17-25-37-70-51(72)35-36-52(70)73/h15-16,18-21,27-30,35-36,40-44,48-49,55-59H,14,17,22-26,31-34,37-39H2,1-13H3,(H,63,76)(H,64,77)(H,66,71)/t42-,43+,44+,48-,49+,55-,56-,57-,58+,59+/m0/s1. The van der Waals surface area contributed by atoms with Crippen molar-refractivity contribution >= 4 is 53.0 Å². The summed E-state index contributed by atoms with van der Waals surface area (Å²) in [5, 5.41) is 10.6. The molecule has 0 spiro atoms. The lowest BCUT2D eigenvalue weighted by Gasteiger charge is -2.41. The summed E-state index contributed by atoms with van der Waals surface area (Å²) in [5.74, 6) is -3.32. The van der Waals surface area contributed by atoms with Gasteiger partial charge >= 0.3 is 5.97 Å². The van der Waals surface area contributed by atoms with Gasteiger partial charge in [0, 0.05) is 59.4 Å². The average Bonchev–Trinajstić information content (AvgIpc) is 4.11. The summed E-state index contributed by atoms with van der Waals surface area (Å²) in [5.41, 5.74) is 4.87. The highest BCUT2D eigenvalue weighted by Gasteiger charge is 2.44. The number of unbranched alkanes of at least 4 members (excludes halogenated alkanes) is 3. The molecule has 81 heavy (non-hydrogen) atoms. The highest BCUT2D eigenvalue weighted by molar-refractivity contribution is 6.12. The summed E-state index contributed by atoms with van der Waals surface area (Å²) in [6.45, 7) is 16.1. The SMILES string of the molecule is CC[C@H](C)[C@@H]([C@@H](CC(=O)N1CCC[C@H]1[C@H](OC)[C@@H](C)C(=O)N[C@H](C)[C@@H](OC(=O)CCCCC(=NNC(=O)CCCCCN1C(=O)C=CC1=O)c1ccccc1)c1ccccc1)OC)N(C)C(=O)[C@@H](NC(=O)[C@H](C(C)C)N(C)C)C(C)C. The minimum atomic E-state index is -0.823. The highest BCUT2D eigenvalue weighted by atomic mass is 16.5. The molecule has 19 nitrogen and oxygen atoms in total. The van der Waals surface area contributed by atoms with E-state index in [0.717, 1.165) is 5.56 Å². The third-order valence-electron chi connectivity index (χ3n) is 15.8. The van der Waals surface area contributed by atoms with Crippen LogP contribution in [0.2, 0.25) is 0 Å². The number of likely N-dealkylation sites (N-methyl/N-ethyl adjacent to an activating group) is 2. The monoisotopic (exact) mass is 1130 g/mol. The van der Waals surface area contributed by atoms with Crippen molar-refractivity contribution in [1.82, 2.24) is 35.7 Å². The van der Waals surface area contributed by atoms with Gasteiger partial charge < -0.3 is 34.6 Å². The van der Waals surface area contributed by atoms with Crippen LogP contribution in [0.5, 0.6) is 0 Å². The van der Waals surface area contributed by atoms with Crippen LogP contribution in [0.15, 0.2) is 77.9 Å². The predicted molar refractivity (Wildman–Crippen MR) is 312 cm³/mol. The predicted octanol–water partition coefficient (Wildman–Crippen LogP) is 6.99. The van der Waals surface area contributed by atoms with Crippen LogP contribution in [-0.4, -0.2) is 164 Å². The molecule has 7 amide bonds. The number of rotatable bonds is 34. The van der Waals surface area contributed by atoms with Crippen molar-refractivity contribution in [3.63, 3.8) is 0 Å². The lowest BCUT2D eigenvalue weighted by molar-refractivity contribution is -0.152. The third kappa shape index (κ3) is 19.7. The molecule has 0 unspecified atom stereocenters. The summed E-state index contributed by atoms with van der Waals surface area (Å²) >= 11 is 0. The number of hydrogen-bond donors (Lipinski definition) is 3. The van der Waals surface area contributed by atoms with E-state index in [9.17, 15) is 38.4 Å². The van der Waals surface area contributed by atoms with Crippen LogP contribution in [-0.2, 0) is 52.6 Å². The zero-order valence-corrected chi connectivity index (χ0v) is 50.5. The highest BCUT2D eigenvalue weighted by Crippen LogP contribution is 2.31. The Labute approximate surface area is 481 Å². The van der Waals surface area contributed by atoms with Crippen LogP contribution in [0.4, 0.5) is 0 Å². The molecule has 0 bridgehead atoms. The van der Waals surface area contributed by atoms with Gasteiger partial charge in [-0.2, -0.15) is 5.10 Å². The molecule has 1 fully saturated rings. The fourth-order valence-corrected chi connectivity index (χ4v) is 11.2. The number of benzene rings is 2. The molecule has 0 saturated carbocycles. The fourth-order valence-electron chi connectivity index (χ4n) is 11.2. The van der Waals surface area contributed by atoms with E-state index in [1.54, 1.807) is 37.8 Å². The second kappa shape index (κ2) is 33.6. The Morgan fingerprint density at radius 2 is 1.36 bits per heavy atom. The molecule has 4 rings (SSSR count). The van der Waals surface area contributed by atoms with Crippen LogP contribution in [0.1, 0.15) is 150 Å². The molecule has 2 aliphatic rings. The van der Waals surface area contributed by atoms with Crippen molar-refractivity contribution < 1.29 is 52.6 Å². The van der Waals surface area contributed by atoms with Gasteiger partial charge in [-0.15, -0.1) is 0 Å². The summed E-state index contributed by atoms with van der Waals surface area (Å²) in [6.07, 6.45) is 5.97. The fraction of sp³-hybridized carbons (Fsp3) is 0.629. The Morgan fingerprint density at radius 3 is 1.94 bits per heavy atom. The van der Waals surface area contributed by atoms with E-state index in [-0.39, 0.29) is 78.4 Å². The average molecular weight is 1130 g/mol. The van der Waals surface area contributed by atoms with Gasteiger partial charge in [0.2, 0.25) is 29.5 Å². The minimum Gasteiger partial charge on any atom is -0.455 e. The largest absolute Gasteiger partial charge is 0.455 e. The number of carbonyl (C=O) groups excluding carboxylic acids is 8. The smallest absolute Gasteiger partial charge is 0.306 e. The first-order chi connectivity index (χ1) is 38.6. The Bertz CT molecular complexity index is 2410. The zero-order chi connectivity index (χ0) is 59.9. The van der Waals surface area contributed by atoms with Crippen LogP contribution in [0, 0.1) is 23.7 Å². The number of amides is 7. The Hall–Kier alpha value is -6.31. The summed E-state index contributed by atoms with van der Waals surface area (Å²) in [7, 11) is 8.50. The first-order valence-corrected chi connectivity index (χ1v) is 29.1. The first-order valence-electron chi connectivity index (χ1n) is 29.1. The number of ether oxygens (including phenoxy) is 3. The Morgan fingerprint density at radius 1 is 0.741 bits per heavy atom. The lowest BCUT2D eigenvalue weighted by atomic mass is 9.89. The van der Waals surface area contributed by atoms with E-state index in [2.05, 4.69) is 21.2 Å². The molecule has 19 heteroatoms. The van der Waals surface area contributed by atoms with Crippen molar-refractivity contribution in [3.05, 3.63) is 83.9 Å². The van der Waals surface area contributed by atoms with E-state index < -0.39 is 60.4 Å². The van der Waals surface area contributed by atoms with E-state index >= 15 is 0 Å². The maximum atomic E-state index is 14.5. The van der Waals surface area contributed by atoms with Gasteiger partial charge in [-0.3, -0.25) is 48.2 Å². The summed E-state index contributed by atoms with van der Waals surface area (Å²) < 4.78 is 18.3. The molecule has 448 valence electrons. The van der Waals surface area contributed by atoms with Crippen molar-refractivity contribution in [3.8, 4) is 0 Å². The molecule has 0 radical (unpaired) electrons. The maximum absolute atomic E-state index is 14.5. The molecule has 2 aromatic carbocycles. The second-order valence-electron chi connectivity index (χ2n) is 22.7. The van der Waals surface area contributed by atoms with Crippen LogP contribution in [0.3, 0.4) is 0 Å². The van der Waals surface area contributed by atoms with Crippen molar-refractivity contribution in [2.75, 3.05) is 48.5 Å². The lowest BCUT2D eigenvalue weighted by Crippen LogP contribution is -2.59. The summed E-state index contributed by atoms with van der Waals surface area (Å²) in [6, 6.07) is 15.9. The van der Waals surface area contributed by atoms with Crippen molar-refractivity contribution in [2.45, 2.75) is 181 Å². The molecule has 1 saturated heterocycles. The van der Waals surface area contributed by atoms with Gasteiger partial charge in [-0.1, -0.05) is 122 Å². The van der Waals surface area contributed by atoms with E-state index in [4.69, 9.17) is 14.2 Å². The number of nitrogens with zero attached hydrogens (tertiary/aromatic N) is 5. The minimum absolute atomic E-state index is 0.0151. The molecule has 2 aliphatic heterocycles. The molecular weight excluding hydrogens is 1030 g/mol. The molecule has 3 N–H and O–H groups in total. The van der Waals surface area contributed by atoms with E-state index in [1.165, 1.54) is 24.2 Å². The number of nitrogens with one attached hydrogen (secondary N) is 3. The maximum Gasteiger partial charge on any atom is 0.306 e. The first kappa shape index (κ1) is 67.2. The second-order valence-corrected chi connectivity index (χ2v) is 22.7. The van der Waals surface area contributed by atoms with Gasteiger partial charge in [-0.25, -0.2) is 5.43 Å². The number of esters is 1. The van der Waals surface area contributed by atoms with Crippen LogP contribution >= 0.6 is 0 Å². The van der Waals surface area contributed by atoms with E-state index in [0.29, 0.717) is 82.2 Å². The molecule has 10 atom stereocenters. The van der Waals surface area contributed by atoms with Crippen LogP contribution < -0.4 is 16.1 Å². The van der Waals surface area contributed by atoms with Crippen LogP contribution in [0.25, 0.3) is 0 Å². The molecule has 0 aliphatic carbocycles. The van der Waals surface area contributed by atoms with Gasteiger partial charge in [0.05, 0.1) is 54.4 Å². The molecular formula is C62H94N8O11. The number of imide groups is 1. The van der Waals surface area contributed by atoms with Gasteiger partial charge in [0.15, 0.2) is 0 Å². The quantitative estimate of drug-likeness (QED) is 0.0212.